The van der Waals surface area contributed by atoms with E-state index in [0.717, 1.165) is 5.56 Å². The van der Waals surface area contributed by atoms with Gasteiger partial charge in [0.25, 0.3) is 0 Å². The van der Waals surface area contributed by atoms with Gasteiger partial charge in [-0.1, -0.05) is 22.8 Å². The third-order valence-corrected chi connectivity index (χ3v) is 2.14. The summed E-state index contributed by atoms with van der Waals surface area (Å²) in [6.07, 6.45) is 0. The van der Waals surface area contributed by atoms with Crippen LogP contribution < -0.4 is 5.32 Å². The molecule has 0 aromatic heterocycles. The van der Waals surface area contributed by atoms with E-state index in [1.807, 2.05) is 6.92 Å². The van der Waals surface area contributed by atoms with Crippen molar-refractivity contribution in [3.63, 3.8) is 0 Å². The zero-order valence-corrected chi connectivity index (χ0v) is 8.82. The molecule has 1 aromatic carbocycles. The zero-order valence-electron chi connectivity index (χ0n) is 8.07. The molecule has 0 saturated heterocycles. The number of carbonyl (C=O) groups is 1. The number of hydrogen-bond donors (Lipinski definition) is 1. The van der Waals surface area contributed by atoms with Crippen molar-refractivity contribution < 1.29 is 4.79 Å². The fraction of sp³-hybridized carbons (Fsp3) is 0.222. The first-order valence-corrected chi connectivity index (χ1v) is 4.58. The number of nitrogens with one attached hydrogen (secondary N) is 1. The molecule has 0 saturated carbocycles. The first-order valence-electron chi connectivity index (χ1n) is 4.20. The molecule has 6 heteroatoms. The molecule has 0 unspecified atom stereocenters. The van der Waals surface area contributed by atoms with Crippen LogP contribution in [0.5, 0.6) is 0 Å². The van der Waals surface area contributed by atoms with Crippen LogP contribution >= 0.6 is 11.6 Å². The predicted octanol–water partition coefficient (Wildman–Crippen LogP) is 2.90. The van der Waals surface area contributed by atoms with Gasteiger partial charge in [-0.2, -0.15) is 0 Å². The molecule has 1 rings (SSSR count). The molecule has 0 aliphatic carbocycles. The molecule has 0 spiro atoms. The summed E-state index contributed by atoms with van der Waals surface area (Å²) in [5.41, 5.74) is 9.54. The van der Waals surface area contributed by atoms with Crippen LogP contribution in [-0.2, 0) is 4.79 Å². The Morgan fingerprint density at radius 1 is 1.67 bits per heavy atom. The highest BCUT2D eigenvalue weighted by Gasteiger charge is 2.02. The molecule has 15 heavy (non-hydrogen) atoms. The third kappa shape index (κ3) is 3.50. The van der Waals surface area contributed by atoms with Crippen molar-refractivity contribution in [2.45, 2.75) is 6.92 Å². The van der Waals surface area contributed by atoms with Gasteiger partial charge in [0.05, 0.1) is 0 Å². The van der Waals surface area contributed by atoms with Gasteiger partial charge in [0.15, 0.2) is 0 Å². The van der Waals surface area contributed by atoms with Crippen LogP contribution in [-0.4, -0.2) is 12.5 Å². The largest absolute Gasteiger partial charge is 0.326 e. The lowest BCUT2D eigenvalue weighted by Gasteiger charge is -2.04. The van der Waals surface area contributed by atoms with Gasteiger partial charge in [0.1, 0.15) is 6.54 Å². The minimum absolute atomic E-state index is 0.220. The Morgan fingerprint density at radius 2 is 2.40 bits per heavy atom. The number of halogens is 1. The molecule has 1 N–H and O–H groups in total. The SMILES string of the molecule is Cc1ccc(NC(=O)CN=[N+]=[N-])cc1Cl. The summed E-state index contributed by atoms with van der Waals surface area (Å²) in [4.78, 5) is 13.6. The summed E-state index contributed by atoms with van der Waals surface area (Å²) in [6, 6.07) is 5.17. The summed E-state index contributed by atoms with van der Waals surface area (Å²) in [5, 5.41) is 6.28. The molecule has 78 valence electrons. The van der Waals surface area contributed by atoms with Gasteiger partial charge in [-0.25, -0.2) is 0 Å². The number of hydrogen-bond acceptors (Lipinski definition) is 2. The van der Waals surface area contributed by atoms with Gasteiger partial charge < -0.3 is 5.32 Å². The lowest BCUT2D eigenvalue weighted by Crippen LogP contribution is -2.14. The van der Waals surface area contributed by atoms with Gasteiger partial charge in [0, 0.05) is 15.6 Å². The summed E-state index contributed by atoms with van der Waals surface area (Å²) in [6.45, 7) is 1.65. The maximum atomic E-state index is 11.1. The van der Waals surface area contributed by atoms with Crippen LogP contribution in [0.3, 0.4) is 0 Å². The van der Waals surface area contributed by atoms with E-state index in [2.05, 4.69) is 15.3 Å². The number of rotatable bonds is 3. The average Bonchev–Trinajstić information content (AvgIpc) is 2.20. The van der Waals surface area contributed by atoms with Crippen LogP contribution in [0.25, 0.3) is 10.4 Å². The molecule has 0 aliphatic heterocycles. The van der Waals surface area contributed by atoms with Crippen LogP contribution in [0.4, 0.5) is 5.69 Å². The highest BCUT2D eigenvalue weighted by molar-refractivity contribution is 6.31. The molecule has 1 aromatic rings. The number of aryl methyl sites for hydroxylation is 1. The van der Waals surface area contributed by atoms with E-state index in [1.54, 1.807) is 18.2 Å². The normalized spacial score (nSPS) is 9.20. The van der Waals surface area contributed by atoms with Gasteiger partial charge in [-0.05, 0) is 30.2 Å². The van der Waals surface area contributed by atoms with Crippen molar-refractivity contribution >= 4 is 23.2 Å². The fourth-order valence-corrected chi connectivity index (χ4v) is 1.15. The van der Waals surface area contributed by atoms with E-state index in [9.17, 15) is 4.79 Å². The summed E-state index contributed by atoms with van der Waals surface area (Å²) in [5.74, 6) is -0.368. The summed E-state index contributed by atoms with van der Waals surface area (Å²) < 4.78 is 0. The van der Waals surface area contributed by atoms with Crippen molar-refractivity contribution in [3.05, 3.63) is 39.2 Å². The molecule has 0 bridgehead atoms. The first kappa shape index (κ1) is 11.4. The predicted molar refractivity (Wildman–Crippen MR) is 58.8 cm³/mol. The van der Waals surface area contributed by atoms with E-state index in [4.69, 9.17) is 17.1 Å². The summed E-state index contributed by atoms with van der Waals surface area (Å²) >= 11 is 5.87. The first-order chi connectivity index (χ1) is 7.13. The Bertz CT molecular complexity index is 426. The fourth-order valence-electron chi connectivity index (χ4n) is 0.967. The van der Waals surface area contributed by atoms with E-state index in [0.29, 0.717) is 10.7 Å². The summed E-state index contributed by atoms with van der Waals surface area (Å²) in [7, 11) is 0. The number of carbonyl (C=O) groups excluding carboxylic acids is 1. The highest BCUT2D eigenvalue weighted by Crippen LogP contribution is 2.19. The quantitative estimate of drug-likeness (QED) is 0.478. The molecule has 0 aliphatic rings. The molecule has 0 atom stereocenters. The lowest BCUT2D eigenvalue weighted by molar-refractivity contribution is -0.114. The second kappa shape index (κ2) is 5.24. The lowest BCUT2D eigenvalue weighted by atomic mass is 10.2. The van der Waals surface area contributed by atoms with E-state index in [1.165, 1.54) is 0 Å². The zero-order chi connectivity index (χ0) is 11.3. The van der Waals surface area contributed by atoms with E-state index >= 15 is 0 Å². The Morgan fingerprint density at radius 3 is 3.00 bits per heavy atom. The van der Waals surface area contributed by atoms with Crippen LogP contribution in [0.15, 0.2) is 23.3 Å². The van der Waals surface area contributed by atoms with Gasteiger partial charge in [-0.3, -0.25) is 4.79 Å². The van der Waals surface area contributed by atoms with Crippen LogP contribution in [0.2, 0.25) is 5.02 Å². The average molecular weight is 225 g/mol. The van der Waals surface area contributed by atoms with Gasteiger partial charge >= 0.3 is 0 Å². The third-order valence-electron chi connectivity index (χ3n) is 1.73. The Balaban J connectivity index is 2.68. The monoisotopic (exact) mass is 224 g/mol. The second-order valence-corrected chi connectivity index (χ2v) is 3.31. The number of anilines is 1. The maximum Gasteiger partial charge on any atom is 0.230 e. The minimum atomic E-state index is -0.368. The molecule has 0 radical (unpaired) electrons. The molecular formula is C9H9ClN4O. The molecule has 5 nitrogen and oxygen atoms in total. The van der Waals surface area contributed by atoms with Crippen molar-refractivity contribution in [2.75, 3.05) is 11.9 Å². The van der Waals surface area contributed by atoms with Gasteiger partial charge in [0.2, 0.25) is 5.91 Å². The van der Waals surface area contributed by atoms with E-state index in [-0.39, 0.29) is 12.5 Å². The highest BCUT2D eigenvalue weighted by atomic mass is 35.5. The number of nitrogens with zero attached hydrogens (tertiary/aromatic N) is 3. The topological polar surface area (TPSA) is 77.9 Å². The molecule has 0 fully saturated rings. The van der Waals surface area contributed by atoms with Crippen molar-refractivity contribution in [1.29, 1.82) is 0 Å². The van der Waals surface area contributed by atoms with E-state index < -0.39 is 0 Å². The minimum Gasteiger partial charge on any atom is -0.326 e. The number of amides is 1. The molecular weight excluding hydrogens is 216 g/mol. The van der Waals surface area contributed by atoms with Crippen molar-refractivity contribution in [1.82, 2.24) is 0 Å². The van der Waals surface area contributed by atoms with Crippen LogP contribution in [0, 0.1) is 6.92 Å². The van der Waals surface area contributed by atoms with Gasteiger partial charge in [-0.15, -0.1) is 0 Å². The van der Waals surface area contributed by atoms with Crippen LogP contribution in [0.1, 0.15) is 5.56 Å². The number of benzene rings is 1. The smallest absolute Gasteiger partial charge is 0.230 e. The Kier molecular flexibility index (Phi) is 3.97. The standard InChI is InChI=1S/C9H9ClN4O/c1-6-2-3-7(4-8(6)10)13-9(15)5-12-14-11/h2-4H,5H2,1H3,(H,13,15). The van der Waals surface area contributed by atoms with Crippen molar-refractivity contribution in [2.24, 2.45) is 5.11 Å². The maximum absolute atomic E-state index is 11.1. The number of azide groups is 1. The van der Waals surface area contributed by atoms with Crippen molar-refractivity contribution in [3.8, 4) is 0 Å². The Labute approximate surface area is 91.7 Å². The molecule has 0 heterocycles. The Hall–Kier alpha value is -1.71. The molecule has 1 amide bonds. The second-order valence-electron chi connectivity index (χ2n) is 2.90.